The second kappa shape index (κ2) is 9.68. The highest BCUT2D eigenvalue weighted by Gasteiger charge is 2.75. The lowest BCUT2D eigenvalue weighted by atomic mass is 9.46. The van der Waals surface area contributed by atoms with Crippen molar-refractivity contribution in [3.05, 3.63) is 59.2 Å². The fourth-order valence-corrected chi connectivity index (χ4v) is 11.6. The summed E-state index contributed by atoms with van der Waals surface area (Å²) in [5, 5.41) is 22.1. The normalized spacial score (nSPS) is 48.8. The molecule has 1 aliphatic heterocycles. The maximum atomic E-state index is 13.8. The molecule has 0 aromatic heterocycles. The van der Waals surface area contributed by atoms with Gasteiger partial charge in [0.15, 0.2) is 23.5 Å². The third-order valence-electron chi connectivity index (χ3n) is 14.1. The van der Waals surface area contributed by atoms with Crippen molar-refractivity contribution in [1.29, 1.82) is 0 Å². The molecule has 236 valence electrons. The monoisotopic (exact) mass is 601 g/mol. The van der Waals surface area contributed by atoms with E-state index in [1.54, 1.807) is 12.2 Å². The molecule has 1 aromatic rings. The third kappa shape index (κ3) is 3.92. The molecule has 1 aromatic carbocycles. The van der Waals surface area contributed by atoms with Crippen LogP contribution in [-0.4, -0.2) is 51.7 Å². The Bertz CT molecular complexity index is 1420. The van der Waals surface area contributed by atoms with E-state index in [-0.39, 0.29) is 34.9 Å². The van der Waals surface area contributed by atoms with Crippen molar-refractivity contribution < 1.29 is 29.3 Å². The van der Waals surface area contributed by atoms with Gasteiger partial charge in [0.1, 0.15) is 6.61 Å². The van der Waals surface area contributed by atoms with Crippen LogP contribution in [0.3, 0.4) is 0 Å². The molecule has 0 radical (unpaired) electrons. The third-order valence-corrected chi connectivity index (χ3v) is 14.1. The molecule has 7 heteroatoms. The zero-order valence-electron chi connectivity index (χ0n) is 26.1. The molecule has 7 nitrogen and oxygen atoms in total. The highest BCUT2D eigenvalue weighted by Crippen LogP contribution is 2.70. The van der Waals surface area contributed by atoms with Gasteiger partial charge in [-0.15, -0.1) is 0 Å². The van der Waals surface area contributed by atoms with Crippen LogP contribution in [0.2, 0.25) is 0 Å². The van der Waals surface area contributed by atoms with Crippen molar-refractivity contribution in [3.8, 4) is 0 Å². The Labute approximate surface area is 260 Å². The summed E-state index contributed by atoms with van der Waals surface area (Å²) in [7, 11) is 0. The Morgan fingerprint density at radius 3 is 2.45 bits per heavy atom. The van der Waals surface area contributed by atoms with Gasteiger partial charge >= 0.3 is 0 Å². The first-order chi connectivity index (χ1) is 20.9. The number of allylic oxidation sites excluding steroid dienone is 4. The predicted molar refractivity (Wildman–Crippen MR) is 164 cm³/mol. The molecule has 4 N–H and O–H groups in total. The Hall–Kier alpha value is -2.16. The van der Waals surface area contributed by atoms with Gasteiger partial charge in [0.05, 0.1) is 12.2 Å². The number of benzene rings is 1. The van der Waals surface area contributed by atoms with Crippen molar-refractivity contribution in [1.82, 2.24) is 0 Å². The first-order valence-electron chi connectivity index (χ1n) is 16.9. The summed E-state index contributed by atoms with van der Waals surface area (Å²) in [6.07, 6.45) is 14.2. The van der Waals surface area contributed by atoms with Crippen molar-refractivity contribution >= 4 is 11.6 Å². The molecule has 9 atom stereocenters. The van der Waals surface area contributed by atoms with E-state index < -0.39 is 41.5 Å². The Morgan fingerprint density at radius 2 is 1.77 bits per heavy atom. The van der Waals surface area contributed by atoms with Crippen LogP contribution < -0.4 is 5.73 Å². The average Bonchev–Trinajstić information content (AvgIpc) is 3.51. The van der Waals surface area contributed by atoms with E-state index in [0.29, 0.717) is 18.3 Å². The number of carbonyl (C=O) groups is 2. The molecule has 6 saturated carbocycles. The van der Waals surface area contributed by atoms with Crippen molar-refractivity contribution in [3.63, 3.8) is 0 Å². The maximum absolute atomic E-state index is 13.8. The molecule has 2 bridgehead atoms. The van der Waals surface area contributed by atoms with Crippen molar-refractivity contribution in [2.75, 3.05) is 6.61 Å². The molecular formula is C37H47NO6. The topological polar surface area (TPSA) is 119 Å². The van der Waals surface area contributed by atoms with Gasteiger partial charge in [0.25, 0.3) is 0 Å². The predicted octanol–water partition coefficient (Wildman–Crippen LogP) is 4.88. The van der Waals surface area contributed by atoms with Gasteiger partial charge < -0.3 is 25.4 Å². The van der Waals surface area contributed by atoms with E-state index >= 15 is 0 Å². The number of hydrogen-bond donors (Lipinski definition) is 3. The largest absolute Gasteiger partial charge is 0.393 e. The van der Waals surface area contributed by atoms with Crippen LogP contribution in [0.1, 0.15) is 95.5 Å². The zero-order valence-corrected chi connectivity index (χ0v) is 26.1. The Morgan fingerprint density at radius 1 is 1.07 bits per heavy atom. The number of hydrogen-bond acceptors (Lipinski definition) is 7. The van der Waals surface area contributed by atoms with Crippen molar-refractivity contribution in [2.45, 2.75) is 114 Å². The standard InChI is InChI=1S/C37H47NO6/c1-33-10-9-25(40)17-24(33)7-8-26-27-18-30-37(29(42)21-39,34(27,2)20-28(41)31(26)33)44-32(43-30)23-5-3-22(4-6-23)19-35-11-14-36(38,15-12-35)16-13-35/h3-6,9-10,17,26-28,30-32,39,41H,7-8,11-16,18-21,38H2,1-2H3/t26-,27-,28-,30+,31+,32+,33-,34-,35?,36?,37+/m0/s1. The van der Waals surface area contributed by atoms with Crippen LogP contribution in [0.25, 0.3) is 0 Å². The molecular weight excluding hydrogens is 554 g/mol. The minimum Gasteiger partial charge on any atom is -0.393 e. The Kier molecular flexibility index (Phi) is 6.44. The molecule has 9 rings (SSSR count). The van der Waals surface area contributed by atoms with E-state index in [4.69, 9.17) is 15.2 Å². The number of rotatable bonds is 5. The fourth-order valence-electron chi connectivity index (χ4n) is 11.6. The molecule has 0 spiro atoms. The van der Waals surface area contributed by atoms with E-state index in [0.717, 1.165) is 49.7 Å². The summed E-state index contributed by atoms with van der Waals surface area (Å²) in [5.41, 5.74) is 7.85. The molecule has 0 unspecified atom stereocenters. The van der Waals surface area contributed by atoms with Gasteiger partial charge in [-0.1, -0.05) is 49.8 Å². The summed E-state index contributed by atoms with van der Waals surface area (Å²) in [4.78, 5) is 26.0. The minimum absolute atomic E-state index is 0.0140. The van der Waals surface area contributed by atoms with Gasteiger partial charge in [-0.05, 0) is 106 Å². The first-order valence-corrected chi connectivity index (χ1v) is 16.9. The molecule has 0 amide bonds. The van der Waals surface area contributed by atoms with E-state index in [9.17, 15) is 19.8 Å². The van der Waals surface area contributed by atoms with E-state index in [1.165, 1.54) is 24.8 Å². The quantitative estimate of drug-likeness (QED) is 0.440. The summed E-state index contributed by atoms with van der Waals surface area (Å²) < 4.78 is 13.4. The Balaban J connectivity index is 1.06. The molecule has 44 heavy (non-hydrogen) atoms. The molecule has 7 aliphatic carbocycles. The van der Waals surface area contributed by atoms with Crippen LogP contribution in [0.4, 0.5) is 0 Å². The lowest BCUT2D eigenvalue weighted by Gasteiger charge is -2.59. The van der Waals surface area contributed by atoms with Gasteiger partial charge in [-0.25, -0.2) is 0 Å². The van der Waals surface area contributed by atoms with Gasteiger partial charge in [-0.3, -0.25) is 9.59 Å². The first kappa shape index (κ1) is 29.3. The highest BCUT2D eigenvalue weighted by atomic mass is 16.7. The number of ketones is 2. The van der Waals surface area contributed by atoms with Crippen LogP contribution in [0, 0.1) is 34.0 Å². The summed E-state index contributed by atoms with van der Waals surface area (Å²) >= 11 is 0. The lowest BCUT2D eigenvalue weighted by molar-refractivity contribution is -0.201. The summed E-state index contributed by atoms with van der Waals surface area (Å²) in [6.45, 7) is 3.60. The summed E-state index contributed by atoms with van der Waals surface area (Å²) in [5.74, 6) is -0.164. The molecule has 8 aliphatic rings. The maximum Gasteiger partial charge on any atom is 0.193 e. The lowest BCUT2D eigenvalue weighted by Crippen LogP contribution is -2.63. The van der Waals surface area contributed by atoms with Gasteiger partial charge in [0.2, 0.25) is 0 Å². The number of aliphatic hydroxyl groups excluding tert-OH is 2. The molecule has 1 saturated heterocycles. The van der Waals surface area contributed by atoms with Gasteiger partial charge in [-0.2, -0.15) is 0 Å². The zero-order chi connectivity index (χ0) is 30.7. The number of nitrogens with two attached hydrogens (primary N) is 1. The minimum atomic E-state index is -1.32. The SMILES string of the molecule is C[C@]12C=CC(=O)C=C1CC[C@@H]1[C@@H]2[C@@H](O)C[C@@]2(C)[C@H]1C[C@H]1O[C@@H](c3ccc(CC45CCC(N)(CC4)CC5)cc3)O[C@]12C(=O)CO. The average molecular weight is 602 g/mol. The number of aliphatic hydroxyl groups is 2. The molecule has 1 heterocycles. The number of carbonyl (C=O) groups excluding carboxylic acids is 2. The number of ether oxygens (including phenoxy) is 2. The van der Waals surface area contributed by atoms with Crippen molar-refractivity contribution in [2.24, 2.45) is 39.7 Å². The second-order valence-electron chi connectivity index (χ2n) is 16.1. The number of fused-ring (bicyclic) bond motifs is 10. The van der Waals surface area contributed by atoms with Crippen LogP contribution >= 0.6 is 0 Å². The number of Topliss-reactive ketones (excluding diaryl/α,β-unsaturated/α-hetero) is 1. The molecule has 7 fully saturated rings. The van der Waals surface area contributed by atoms with Gasteiger partial charge in [0, 0.05) is 27.9 Å². The summed E-state index contributed by atoms with van der Waals surface area (Å²) in [6, 6.07) is 8.51. The van der Waals surface area contributed by atoms with Crippen LogP contribution in [0.15, 0.2) is 48.1 Å². The fraction of sp³-hybridized carbons (Fsp3) is 0.676. The van der Waals surface area contributed by atoms with E-state index in [2.05, 4.69) is 38.1 Å². The second-order valence-corrected chi connectivity index (χ2v) is 16.1. The van der Waals surface area contributed by atoms with Crippen LogP contribution in [0.5, 0.6) is 0 Å². The highest BCUT2D eigenvalue weighted by molar-refractivity contribution is 6.01. The van der Waals surface area contributed by atoms with E-state index in [1.807, 2.05) is 6.08 Å². The van der Waals surface area contributed by atoms with Crippen LogP contribution in [-0.2, 0) is 25.5 Å². The smallest absolute Gasteiger partial charge is 0.193 e.